The standard InChI is InChI=1S/C22H29BN3/c1-4-19(3)26-13-11-25(12-14-26)17-21-9-6-10-24-22(21)23-16-20-8-5-7-18(2)15-20/h5-10,15H,3-4,11-14,16-17H2,1-2H3. The number of benzene rings is 1. The zero-order valence-electron chi connectivity index (χ0n) is 16.1. The Morgan fingerprint density at radius 2 is 1.96 bits per heavy atom. The van der Waals surface area contributed by atoms with Gasteiger partial charge in [0.05, 0.1) is 0 Å². The third kappa shape index (κ3) is 4.98. The fourth-order valence-electron chi connectivity index (χ4n) is 3.51. The molecule has 0 N–H and O–H groups in total. The van der Waals surface area contributed by atoms with E-state index in [9.17, 15) is 0 Å². The fraction of sp³-hybridized carbons (Fsp3) is 0.409. The average molecular weight is 346 g/mol. The second kappa shape index (κ2) is 9.04. The van der Waals surface area contributed by atoms with Gasteiger partial charge >= 0.3 is 0 Å². The maximum atomic E-state index is 4.63. The topological polar surface area (TPSA) is 19.4 Å². The summed E-state index contributed by atoms with van der Waals surface area (Å²) < 4.78 is 0. The highest BCUT2D eigenvalue weighted by Gasteiger charge is 2.18. The second-order valence-electron chi connectivity index (χ2n) is 7.13. The van der Waals surface area contributed by atoms with E-state index in [4.69, 9.17) is 0 Å². The van der Waals surface area contributed by atoms with Gasteiger partial charge in [-0.1, -0.05) is 55.0 Å². The van der Waals surface area contributed by atoms with Crippen molar-refractivity contribution in [2.75, 3.05) is 26.2 Å². The van der Waals surface area contributed by atoms with E-state index in [1.807, 2.05) is 6.20 Å². The molecule has 2 heterocycles. The number of hydrogen-bond acceptors (Lipinski definition) is 3. The van der Waals surface area contributed by atoms with Gasteiger partial charge in [-0.15, -0.1) is 0 Å². The number of pyridine rings is 1. The number of aromatic nitrogens is 1. The van der Waals surface area contributed by atoms with Gasteiger partial charge in [0.1, 0.15) is 0 Å². The lowest BCUT2D eigenvalue weighted by atomic mass is 9.66. The highest BCUT2D eigenvalue weighted by molar-refractivity contribution is 6.52. The Bertz CT molecular complexity index is 736. The highest BCUT2D eigenvalue weighted by Crippen LogP contribution is 2.12. The Kier molecular flexibility index (Phi) is 6.51. The van der Waals surface area contributed by atoms with Crippen molar-refractivity contribution in [2.45, 2.75) is 33.1 Å². The lowest BCUT2D eigenvalue weighted by Gasteiger charge is -2.37. The van der Waals surface area contributed by atoms with E-state index in [1.54, 1.807) is 0 Å². The van der Waals surface area contributed by atoms with Crippen molar-refractivity contribution in [1.29, 1.82) is 0 Å². The van der Waals surface area contributed by atoms with Crippen LogP contribution < -0.4 is 5.59 Å². The molecule has 1 aromatic carbocycles. The Hall–Kier alpha value is -2.07. The van der Waals surface area contributed by atoms with Gasteiger partial charge < -0.3 is 4.90 Å². The second-order valence-corrected chi connectivity index (χ2v) is 7.13. The van der Waals surface area contributed by atoms with E-state index in [1.165, 1.54) is 22.4 Å². The molecule has 0 atom stereocenters. The minimum Gasteiger partial charge on any atom is -0.373 e. The Labute approximate surface area is 159 Å². The molecular weight excluding hydrogens is 317 g/mol. The maximum Gasteiger partial charge on any atom is 0.182 e. The summed E-state index contributed by atoms with van der Waals surface area (Å²) in [7, 11) is 2.26. The number of allylic oxidation sites excluding steroid dienone is 1. The van der Waals surface area contributed by atoms with Crippen molar-refractivity contribution in [2.24, 2.45) is 0 Å². The van der Waals surface area contributed by atoms with E-state index >= 15 is 0 Å². The summed E-state index contributed by atoms with van der Waals surface area (Å²) in [5, 5.41) is 0. The van der Waals surface area contributed by atoms with E-state index in [-0.39, 0.29) is 0 Å². The molecule has 0 spiro atoms. The van der Waals surface area contributed by atoms with Gasteiger partial charge in [-0.25, -0.2) is 0 Å². The maximum absolute atomic E-state index is 4.63. The first-order valence-electron chi connectivity index (χ1n) is 9.63. The molecule has 3 rings (SSSR count). The third-order valence-electron chi connectivity index (χ3n) is 5.16. The van der Waals surface area contributed by atoms with Crippen LogP contribution in [0.2, 0.25) is 0 Å². The molecule has 0 amide bonds. The van der Waals surface area contributed by atoms with Gasteiger partial charge in [0.2, 0.25) is 0 Å². The van der Waals surface area contributed by atoms with Crippen LogP contribution in [0, 0.1) is 6.92 Å². The number of rotatable bonds is 7. The minimum absolute atomic E-state index is 0.926. The molecule has 135 valence electrons. The van der Waals surface area contributed by atoms with Crippen LogP contribution in [-0.2, 0) is 12.9 Å². The molecule has 4 heteroatoms. The van der Waals surface area contributed by atoms with Crippen LogP contribution in [0.5, 0.6) is 0 Å². The molecule has 1 aliphatic heterocycles. The van der Waals surface area contributed by atoms with E-state index in [0.717, 1.165) is 51.1 Å². The smallest absolute Gasteiger partial charge is 0.182 e. The van der Waals surface area contributed by atoms with E-state index in [2.05, 4.69) is 78.9 Å². The predicted molar refractivity (Wildman–Crippen MR) is 111 cm³/mol. The van der Waals surface area contributed by atoms with Crippen molar-refractivity contribution < 1.29 is 0 Å². The summed E-state index contributed by atoms with van der Waals surface area (Å²) in [6.07, 6.45) is 3.87. The van der Waals surface area contributed by atoms with Crippen molar-refractivity contribution in [3.8, 4) is 0 Å². The molecule has 0 saturated carbocycles. The molecule has 0 aliphatic carbocycles. The van der Waals surface area contributed by atoms with E-state index in [0.29, 0.717) is 0 Å². The summed E-state index contributed by atoms with van der Waals surface area (Å²) in [6, 6.07) is 13.0. The quantitative estimate of drug-likeness (QED) is 0.719. The summed E-state index contributed by atoms with van der Waals surface area (Å²) in [5.41, 5.74) is 6.35. The first-order valence-corrected chi connectivity index (χ1v) is 9.63. The highest BCUT2D eigenvalue weighted by atomic mass is 15.3. The van der Waals surface area contributed by atoms with Crippen molar-refractivity contribution in [1.82, 2.24) is 14.8 Å². The summed E-state index contributed by atoms with van der Waals surface area (Å²) in [4.78, 5) is 9.58. The van der Waals surface area contributed by atoms with E-state index < -0.39 is 0 Å². The summed E-state index contributed by atoms with van der Waals surface area (Å²) in [5.74, 6) is 0. The Balaban J connectivity index is 1.58. The van der Waals surface area contributed by atoms with Crippen LogP contribution in [0.4, 0.5) is 0 Å². The van der Waals surface area contributed by atoms with Crippen LogP contribution in [-0.4, -0.2) is 48.2 Å². The molecule has 1 aliphatic rings. The van der Waals surface area contributed by atoms with Gasteiger partial charge in [0, 0.05) is 50.2 Å². The third-order valence-corrected chi connectivity index (χ3v) is 5.16. The molecule has 26 heavy (non-hydrogen) atoms. The molecule has 3 nitrogen and oxygen atoms in total. The van der Waals surface area contributed by atoms with Crippen LogP contribution in [0.25, 0.3) is 0 Å². The van der Waals surface area contributed by atoms with Gasteiger partial charge in [-0.05, 0) is 31.3 Å². The van der Waals surface area contributed by atoms with Crippen LogP contribution in [0.1, 0.15) is 30.0 Å². The minimum atomic E-state index is 0.926. The molecule has 1 fully saturated rings. The summed E-state index contributed by atoms with van der Waals surface area (Å²) in [6.45, 7) is 13.8. The predicted octanol–water partition coefficient (Wildman–Crippen LogP) is 2.96. The zero-order valence-corrected chi connectivity index (χ0v) is 16.1. The molecule has 0 unspecified atom stereocenters. The molecular formula is C22H29BN3. The Morgan fingerprint density at radius 1 is 1.15 bits per heavy atom. The van der Waals surface area contributed by atoms with Crippen molar-refractivity contribution in [3.05, 3.63) is 71.6 Å². The van der Waals surface area contributed by atoms with Crippen molar-refractivity contribution in [3.63, 3.8) is 0 Å². The number of nitrogens with zero attached hydrogens (tertiary/aromatic N) is 3. The first kappa shape index (κ1) is 18.7. The molecule has 0 bridgehead atoms. The molecule has 1 aromatic heterocycles. The number of piperazine rings is 1. The summed E-state index contributed by atoms with van der Waals surface area (Å²) >= 11 is 0. The molecule has 1 radical (unpaired) electrons. The van der Waals surface area contributed by atoms with Crippen LogP contribution >= 0.6 is 0 Å². The SMILES string of the molecule is C=C(CC)N1CCN(Cc2cccnc2[B]Cc2cccc(C)c2)CC1. The van der Waals surface area contributed by atoms with Crippen LogP contribution in [0.3, 0.4) is 0 Å². The zero-order chi connectivity index (χ0) is 18.4. The monoisotopic (exact) mass is 346 g/mol. The normalized spacial score (nSPS) is 15.1. The Morgan fingerprint density at radius 3 is 2.69 bits per heavy atom. The van der Waals surface area contributed by atoms with Crippen molar-refractivity contribution >= 4 is 12.9 Å². The lowest BCUT2D eigenvalue weighted by Crippen LogP contribution is -2.45. The first-order chi connectivity index (χ1) is 12.7. The van der Waals surface area contributed by atoms with Gasteiger partial charge in [-0.2, -0.15) is 0 Å². The van der Waals surface area contributed by atoms with Crippen LogP contribution in [0.15, 0.2) is 54.9 Å². The molecule has 2 aromatic rings. The molecule has 1 saturated heterocycles. The number of hydrogen-bond donors (Lipinski definition) is 0. The lowest BCUT2D eigenvalue weighted by molar-refractivity contribution is 0.151. The van der Waals surface area contributed by atoms with Gasteiger partial charge in [0.25, 0.3) is 0 Å². The largest absolute Gasteiger partial charge is 0.373 e. The van der Waals surface area contributed by atoms with Gasteiger partial charge in [0.15, 0.2) is 7.28 Å². The van der Waals surface area contributed by atoms with Gasteiger partial charge in [-0.3, -0.25) is 9.88 Å². The number of aryl methyl sites for hydroxylation is 1. The fourth-order valence-corrected chi connectivity index (χ4v) is 3.51. The average Bonchev–Trinajstić information content (AvgIpc) is 2.67.